The summed E-state index contributed by atoms with van der Waals surface area (Å²) >= 11 is 1.07. The lowest BCUT2D eigenvalue weighted by Gasteiger charge is -2.11. The summed E-state index contributed by atoms with van der Waals surface area (Å²) in [4.78, 5) is 16.7. The fraction of sp³-hybridized carbons (Fsp3) is 0.0800. The van der Waals surface area contributed by atoms with Crippen LogP contribution in [0.1, 0.15) is 28.4 Å². The number of hydrazone groups is 1. The third-order valence-corrected chi connectivity index (χ3v) is 7.66. The third kappa shape index (κ3) is 6.31. The first-order valence-corrected chi connectivity index (χ1v) is 12.9. The van der Waals surface area contributed by atoms with Gasteiger partial charge < -0.3 is 4.74 Å². The monoisotopic (exact) mass is 506 g/mol. The van der Waals surface area contributed by atoms with E-state index in [-0.39, 0.29) is 15.5 Å². The first-order valence-electron chi connectivity index (χ1n) is 10.5. The molecule has 2 heterocycles. The molecule has 4 rings (SSSR count). The van der Waals surface area contributed by atoms with Crippen molar-refractivity contribution in [3.63, 3.8) is 0 Å². The van der Waals surface area contributed by atoms with E-state index in [1.165, 1.54) is 24.5 Å². The highest BCUT2D eigenvalue weighted by Crippen LogP contribution is 2.22. The molecule has 0 saturated carbocycles. The molecule has 2 aromatic heterocycles. The van der Waals surface area contributed by atoms with Gasteiger partial charge in [-0.3, -0.25) is 14.5 Å². The van der Waals surface area contributed by atoms with Gasteiger partial charge in [-0.25, -0.2) is 13.8 Å². The third-order valence-electron chi connectivity index (χ3n) is 4.90. The van der Waals surface area contributed by atoms with Gasteiger partial charge in [0.05, 0.1) is 23.2 Å². The highest BCUT2D eigenvalue weighted by atomic mass is 32.2. The van der Waals surface area contributed by atoms with Gasteiger partial charge >= 0.3 is 0 Å². The zero-order valence-electron chi connectivity index (χ0n) is 18.7. The summed E-state index contributed by atoms with van der Waals surface area (Å²) in [6, 6.07) is 21.7. The van der Waals surface area contributed by atoms with Crippen molar-refractivity contribution in [3.05, 3.63) is 107 Å². The molecule has 0 aliphatic carbocycles. The van der Waals surface area contributed by atoms with Crippen LogP contribution in [0.2, 0.25) is 0 Å². The van der Waals surface area contributed by atoms with Crippen LogP contribution >= 0.6 is 11.3 Å². The van der Waals surface area contributed by atoms with E-state index in [1.807, 2.05) is 54.6 Å². The standard InChI is InChI=1S/C25H22N4O4S2/c1-18(20-9-5-10-21(15-20)33-17-19-7-3-2-4-8-19)27-28-25(30)22-12-13-26-16-23(22)29-35(31,32)24-11-6-14-34-24/h2-16,29H,17H2,1H3,(H,28,30)/b27-18-. The molecule has 0 radical (unpaired) electrons. The van der Waals surface area contributed by atoms with Gasteiger partial charge in [0, 0.05) is 11.8 Å². The predicted molar refractivity (Wildman–Crippen MR) is 136 cm³/mol. The summed E-state index contributed by atoms with van der Waals surface area (Å²) in [6.45, 7) is 2.19. The summed E-state index contributed by atoms with van der Waals surface area (Å²) < 4.78 is 33.5. The van der Waals surface area contributed by atoms with Crippen molar-refractivity contribution in [2.45, 2.75) is 17.7 Å². The number of benzene rings is 2. The summed E-state index contributed by atoms with van der Waals surface area (Å²) in [5.74, 6) is 0.0961. The number of nitrogens with zero attached hydrogens (tertiary/aromatic N) is 2. The van der Waals surface area contributed by atoms with Crippen LogP contribution in [0.4, 0.5) is 5.69 Å². The number of anilines is 1. The highest BCUT2D eigenvalue weighted by molar-refractivity contribution is 7.94. The van der Waals surface area contributed by atoms with Crippen LogP contribution in [0, 0.1) is 0 Å². The van der Waals surface area contributed by atoms with E-state index in [1.54, 1.807) is 18.4 Å². The summed E-state index contributed by atoms with van der Waals surface area (Å²) in [5.41, 5.74) is 5.01. The van der Waals surface area contributed by atoms with E-state index in [2.05, 4.69) is 20.2 Å². The molecule has 0 fully saturated rings. The topological polar surface area (TPSA) is 110 Å². The molecule has 10 heteroatoms. The Balaban J connectivity index is 1.44. The second-order valence-corrected chi connectivity index (χ2v) is 10.3. The fourth-order valence-electron chi connectivity index (χ4n) is 3.10. The largest absolute Gasteiger partial charge is 0.489 e. The van der Waals surface area contributed by atoms with Gasteiger partial charge in [-0.05, 0) is 42.1 Å². The van der Waals surface area contributed by atoms with E-state index in [0.29, 0.717) is 18.1 Å². The van der Waals surface area contributed by atoms with Gasteiger partial charge in [0.15, 0.2) is 0 Å². The lowest BCUT2D eigenvalue weighted by molar-refractivity contribution is 0.0955. The summed E-state index contributed by atoms with van der Waals surface area (Å²) in [7, 11) is -3.83. The predicted octanol–water partition coefficient (Wildman–Crippen LogP) is 4.68. The van der Waals surface area contributed by atoms with Gasteiger partial charge in [-0.15, -0.1) is 11.3 Å². The zero-order chi connectivity index (χ0) is 24.7. The Hall–Kier alpha value is -4.02. The molecule has 2 N–H and O–H groups in total. The Labute approximate surface area is 207 Å². The fourth-order valence-corrected chi connectivity index (χ4v) is 5.15. The SMILES string of the molecule is C/C(=N/NC(=O)c1ccncc1NS(=O)(=O)c1cccs1)c1cccc(OCc2ccccc2)c1. The van der Waals surface area contributed by atoms with Gasteiger partial charge in [0.2, 0.25) is 0 Å². The maximum absolute atomic E-state index is 12.8. The lowest BCUT2D eigenvalue weighted by atomic mass is 10.1. The van der Waals surface area contributed by atoms with Crippen LogP contribution in [0.5, 0.6) is 5.75 Å². The molecule has 0 aliphatic heterocycles. The molecule has 4 aromatic rings. The van der Waals surface area contributed by atoms with Gasteiger partial charge in [0.1, 0.15) is 16.6 Å². The van der Waals surface area contributed by atoms with Gasteiger partial charge in [0.25, 0.3) is 15.9 Å². The van der Waals surface area contributed by atoms with E-state index < -0.39 is 15.9 Å². The van der Waals surface area contributed by atoms with Crippen molar-refractivity contribution >= 4 is 38.7 Å². The molecule has 35 heavy (non-hydrogen) atoms. The number of ether oxygens (including phenoxy) is 1. The average Bonchev–Trinajstić information content (AvgIpc) is 3.43. The van der Waals surface area contributed by atoms with E-state index in [4.69, 9.17) is 4.74 Å². The van der Waals surface area contributed by atoms with Crippen molar-refractivity contribution in [2.24, 2.45) is 5.10 Å². The normalized spacial score (nSPS) is 11.6. The number of hydrogen-bond acceptors (Lipinski definition) is 7. The molecular formula is C25H22N4O4S2. The Kier molecular flexibility index (Phi) is 7.54. The molecule has 0 unspecified atom stereocenters. The quantitative estimate of drug-likeness (QED) is 0.253. The Morgan fingerprint density at radius 1 is 1.06 bits per heavy atom. The molecule has 0 bridgehead atoms. The number of carbonyl (C=O) groups is 1. The minimum atomic E-state index is -3.83. The van der Waals surface area contributed by atoms with Crippen molar-refractivity contribution < 1.29 is 17.9 Å². The van der Waals surface area contributed by atoms with E-state index >= 15 is 0 Å². The first-order chi connectivity index (χ1) is 16.9. The van der Waals surface area contributed by atoms with Crippen LogP contribution in [-0.4, -0.2) is 25.0 Å². The Morgan fingerprint density at radius 3 is 2.66 bits per heavy atom. The van der Waals surface area contributed by atoms with Gasteiger partial charge in [-0.1, -0.05) is 48.5 Å². The number of amides is 1. The average molecular weight is 507 g/mol. The molecule has 0 aliphatic rings. The summed E-state index contributed by atoms with van der Waals surface area (Å²) in [5, 5.41) is 5.84. The number of nitrogens with one attached hydrogen (secondary N) is 2. The number of hydrogen-bond donors (Lipinski definition) is 2. The molecule has 1 amide bonds. The van der Waals surface area contributed by atoms with E-state index in [9.17, 15) is 13.2 Å². The molecule has 0 atom stereocenters. The molecule has 178 valence electrons. The number of carbonyl (C=O) groups excluding carboxylic acids is 1. The smallest absolute Gasteiger partial charge is 0.273 e. The Bertz CT molecular complexity index is 1440. The van der Waals surface area contributed by atoms with Crippen molar-refractivity contribution in [2.75, 3.05) is 4.72 Å². The number of thiophene rings is 1. The minimum Gasteiger partial charge on any atom is -0.489 e. The number of sulfonamides is 1. The molecule has 2 aromatic carbocycles. The van der Waals surface area contributed by atoms with Crippen LogP contribution in [0.15, 0.2) is 99.9 Å². The molecule has 0 saturated heterocycles. The van der Waals surface area contributed by atoms with Crippen LogP contribution in [-0.2, 0) is 16.6 Å². The van der Waals surface area contributed by atoms with Crippen LogP contribution in [0.3, 0.4) is 0 Å². The maximum Gasteiger partial charge on any atom is 0.273 e. The lowest BCUT2D eigenvalue weighted by Crippen LogP contribution is -2.22. The zero-order valence-corrected chi connectivity index (χ0v) is 20.3. The number of pyridine rings is 1. The van der Waals surface area contributed by atoms with Crippen molar-refractivity contribution in [3.8, 4) is 5.75 Å². The summed E-state index contributed by atoms with van der Waals surface area (Å²) in [6.07, 6.45) is 2.69. The van der Waals surface area contributed by atoms with Gasteiger partial charge in [-0.2, -0.15) is 5.10 Å². The second-order valence-electron chi connectivity index (χ2n) is 7.40. The number of rotatable bonds is 9. The van der Waals surface area contributed by atoms with Crippen LogP contribution in [0.25, 0.3) is 0 Å². The first kappa shape index (κ1) is 24.1. The highest BCUT2D eigenvalue weighted by Gasteiger charge is 2.19. The number of aromatic nitrogens is 1. The van der Waals surface area contributed by atoms with Crippen molar-refractivity contribution in [1.82, 2.24) is 10.4 Å². The molecule has 8 nitrogen and oxygen atoms in total. The maximum atomic E-state index is 12.8. The molecule has 0 spiro atoms. The Morgan fingerprint density at radius 2 is 1.89 bits per heavy atom. The van der Waals surface area contributed by atoms with Crippen LogP contribution < -0.4 is 14.9 Å². The van der Waals surface area contributed by atoms with E-state index in [0.717, 1.165) is 22.5 Å². The van der Waals surface area contributed by atoms with Crippen molar-refractivity contribution in [1.29, 1.82) is 0 Å². The minimum absolute atomic E-state index is 0.0579. The molecular weight excluding hydrogens is 484 g/mol. The second kappa shape index (κ2) is 10.9.